The normalized spacial score (nSPS) is 12.0. The summed E-state index contributed by atoms with van der Waals surface area (Å²) in [4.78, 5) is 18.6. The van der Waals surface area contributed by atoms with Gasteiger partial charge in [-0.25, -0.2) is 4.98 Å². The number of hydrogen-bond acceptors (Lipinski definition) is 5. The van der Waals surface area contributed by atoms with E-state index in [2.05, 4.69) is 20.7 Å². The zero-order valence-corrected chi connectivity index (χ0v) is 13.4. The molecule has 1 unspecified atom stereocenters. The molecule has 2 aromatic rings. The minimum atomic E-state index is -0.414. The monoisotopic (exact) mass is 302 g/mol. The van der Waals surface area contributed by atoms with Gasteiger partial charge in [-0.2, -0.15) is 5.10 Å². The molecule has 7 heteroatoms. The zero-order valence-electron chi connectivity index (χ0n) is 13.4. The molecule has 1 amide bonds. The van der Waals surface area contributed by atoms with E-state index in [1.54, 1.807) is 24.1 Å². The third-order valence-corrected chi connectivity index (χ3v) is 3.34. The molecule has 7 nitrogen and oxygen atoms in total. The third kappa shape index (κ3) is 3.82. The van der Waals surface area contributed by atoms with Crippen LogP contribution < -0.4 is 15.5 Å². The molecule has 0 radical (unpaired) electrons. The Kier molecular flexibility index (Phi) is 5.11. The lowest BCUT2D eigenvalue weighted by Crippen LogP contribution is -2.35. The number of hydrogen-bond donors (Lipinski definition) is 2. The number of pyridine rings is 1. The predicted molar refractivity (Wildman–Crippen MR) is 85.4 cm³/mol. The quantitative estimate of drug-likeness (QED) is 0.811. The van der Waals surface area contributed by atoms with Crippen molar-refractivity contribution in [3.63, 3.8) is 0 Å². The van der Waals surface area contributed by atoms with Crippen molar-refractivity contribution >= 4 is 11.7 Å². The minimum absolute atomic E-state index is 0.0906. The fourth-order valence-electron chi connectivity index (χ4n) is 2.12. The lowest BCUT2D eigenvalue weighted by Gasteiger charge is -2.15. The Morgan fingerprint density at radius 3 is 2.64 bits per heavy atom. The molecular weight excluding hydrogens is 280 g/mol. The van der Waals surface area contributed by atoms with Gasteiger partial charge in [0, 0.05) is 45.6 Å². The van der Waals surface area contributed by atoms with E-state index >= 15 is 0 Å². The lowest BCUT2D eigenvalue weighted by molar-refractivity contribution is -0.123. The van der Waals surface area contributed by atoms with Gasteiger partial charge in [0.1, 0.15) is 11.9 Å². The summed E-state index contributed by atoms with van der Waals surface area (Å²) in [6.07, 6.45) is 5.29. The Balaban J connectivity index is 1.96. The van der Waals surface area contributed by atoms with Crippen LogP contribution in [0, 0.1) is 0 Å². The number of anilines is 1. The van der Waals surface area contributed by atoms with Gasteiger partial charge in [-0.05, 0) is 18.7 Å². The van der Waals surface area contributed by atoms with E-state index in [1.807, 2.05) is 44.4 Å². The molecule has 0 aliphatic heterocycles. The molecule has 2 rings (SSSR count). The Morgan fingerprint density at radius 2 is 2.14 bits per heavy atom. The molecule has 0 aromatic carbocycles. The highest BCUT2D eigenvalue weighted by Gasteiger charge is 2.19. The summed E-state index contributed by atoms with van der Waals surface area (Å²) >= 11 is 0. The van der Waals surface area contributed by atoms with E-state index in [0.717, 1.165) is 16.9 Å². The van der Waals surface area contributed by atoms with Crippen molar-refractivity contribution < 1.29 is 4.79 Å². The molecule has 0 bridgehead atoms. The van der Waals surface area contributed by atoms with Gasteiger partial charge >= 0.3 is 0 Å². The van der Waals surface area contributed by atoms with Crippen molar-refractivity contribution in [3.05, 3.63) is 41.9 Å². The maximum absolute atomic E-state index is 12.3. The number of nitrogens with one attached hydrogen (secondary N) is 2. The Morgan fingerprint density at radius 1 is 1.36 bits per heavy atom. The first-order chi connectivity index (χ1) is 10.5. The van der Waals surface area contributed by atoms with Crippen LogP contribution in [0.3, 0.4) is 0 Å². The highest BCUT2D eigenvalue weighted by molar-refractivity contribution is 5.83. The third-order valence-electron chi connectivity index (χ3n) is 3.34. The zero-order chi connectivity index (χ0) is 16.1. The topological polar surface area (TPSA) is 75.1 Å². The number of carbonyl (C=O) groups is 1. The smallest absolute Gasteiger partial charge is 0.242 e. The maximum Gasteiger partial charge on any atom is 0.242 e. The molecule has 2 heterocycles. The van der Waals surface area contributed by atoms with Crippen molar-refractivity contribution in [2.75, 3.05) is 26.0 Å². The second-order valence-corrected chi connectivity index (χ2v) is 5.31. The standard InChI is InChI=1S/C15H22N6O/c1-16-14(12-9-19-21(4)10-12)15(22)18-8-11-5-6-13(17-7-11)20(2)3/h5-7,9-10,14,16H,8H2,1-4H3,(H,18,22). The molecule has 2 N–H and O–H groups in total. The second-order valence-electron chi connectivity index (χ2n) is 5.31. The van der Waals surface area contributed by atoms with Gasteiger partial charge in [0.2, 0.25) is 5.91 Å². The maximum atomic E-state index is 12.3. The van der Waals surface area contributed by atoms with Crippen LogP contribution in [0.1, 0.15) is 17.2 Å². The van der Waals surface area contributed by atoms with Gasteiger partial charge in [0.15, 0.2) is 0 Å². The highest BCUT2D eigenvalue weighted by atomic mass is 16.2. The number of nitrogens with zero attached hydrogens (tertiary/aromatic N) is 4. The number of likely N-dealkylation sites (N-methyl/N-ethyl adjacent to an activating group) is 1. The van der Waals surface area contributed by atoms with Gasteiger partial charge in [-0.3, -0.25) is 9.48 Å². The van der Waals surface area contributed by atoms with Crippen molar-refractivity contribution in [1.29, 1.82) is 0 Å². The van der Waals surface area contributed by atoms with Gasteiger partial charge < -0.3 is 15.5 Å². The first kappa shape index (κ1) is 16.0. The summed E-state index contributed by atoms with van der Waals surface area (Å²) in [5.74, 6) is 0.797. The minimum Gasteiger partial charge on any atom is -0.363 e. The summed E-state index contributed by atoms with van der Waals surface area (Å²) in [5, 5.41) is 10.0. The molecule has 0 saturated heterocycles. The summed E-state index contributed by atoms with van der Waals surface area (Å²) in [5.41, 5.74) is 1.79. The largest absolute Gasteiger partial charge is 0.363 e. The van der Waals surface area contributed by atoms with E-state index in [-0.39, 0.29) is 5.91 Å². The van der Waals surface area contributed by atoms with E-state index in [4.69, 9.17) is 0 Å². The molecule has 1 atom stereocenters. The number of rotatable bonds is 6. The van der Waals surface area contributed by atoms with E-state index in [9.17, 15) is 4.79 Å². The first-order valence-electron chi connectivity index (χ1n) is 7.07. The number of aryl methyl sites for hydroxylation is 1. The fraction of sp³-hybridized carbons (Fsp3) is 0.400. The fourth-order valence-corrected chi connectivity index (χ4v) is 2.12. The molecule has 0 aliphatic rings. The van der Waals surface area contributed by atoms with Crippen LogP contribution in [-0.2, 0) is 18.4 Å². The van der Waals surface area contributed by atoms with Crippen LogP contribution in [-0.4, -0.2) is 41.8 Å². The summed E-state index contributed by atoms with van der Waals surface area (Å²) in [7, 11) is 7.46. The van der Waals surface area contributed by atoms with E-state index in [0.29, 0.717) is 6.54 Å². The van der Waals surface area contributed by atoms with Gasteiger partial charge in [0.25, 0.3) is 0 Å². The summed E-state index contributed by atoms with van der Waals surface area (Å²) < 4.78 is 1.68. The lowest BCUT2D eigenvalue weighted by atomic mass is 10.1. The Bertz CT molecular complexity index is 619. The number of amides is 1. The number of carbonyl (C=O) groups excluding carboxylic acids is 1. The average Bonchev–Trinajstić information content (AvgIpc) is 2.92. The summed E-state index contributed by atoms with van der Waals surface area (Å²) in [6, 6.07) is 3.47. The van der Waals surface area contributed by atoms with Gasteiger partial charge in [-0.15, -0.1) is 0 Å². The van der Waals surface area contributed by atoms with Crippen molar-refractivity contribution in [1.82, 2.24) is 25.4 Å². The van der Waals surface area contributed by atoms with Crippen LogP contribution in [0.2, 0.25) is 0 Å². The second kappa shape index (κ2) is 7.04. The number of aromatic nitrogens is 3. The van der Waals surface area contributed by atoms with Gasteiger partial charge in [-0.1, -0.05) is 6.07 Å². The SMILES string of the molecule is CNC(C(=O)NCc1ccc(N(C)C)nc1)c1cnn(C)c1. The van der Waals surface area contributed by atoms with Crippen molar-refractivity contribution in [2.24, 2.45) is 7.05 Å². The van der Waals surface area contributed by atoms with Crippen LogP contribution in [0.25, 0.3) is 0 Å². The van der Waals surface area contributed by atoms with Crippen LogP contribution >= 0.6 is 0 Å². The molecule has 0 spiro atoms. The first-order valence-corrected chi connectivity index (χ1v) is 7.07. The van der Waals surface area contributed by atoms with Crippen LogP contribution in [0.15, 0.2) is 30.7 Å². The van der Waals surface area contributed by atoms with E-state index in [1.165, 1.54) is 0 Å². The molecule has 0 aliphatic carbocycles. The Hall–Kier alpha value is -2.41. The highest BCUT2D eigenvalue weighted by Crippen LogP contribution is 2.12. The molecule has 0 saturated carbocycles. The van der Waals surface area contributed by atoms with E-state index < -0.39 is 6.04 Å². The summed E-state index contributed by atoms with van der Waals surface area (Å²) in [6.45, 7) is 0.442. The molecule has 0 fully saturated rings. The molecule has 118 valence electrons. The predicted octanol–water partition coefficient (Wildman–Crippen LogP) is 0.458. The Labute approximate surface area is 130 Å². The average molecular weight is 302 g/mol. The van der Waals surface area contributed by atoms with Crippen molar-refractivity contribution in [3.8, 4) is 0 Å². The van der Waals surface area contributed by atoms with Crippen molar-refractivity contribution in [2.45, 2.75) is 12.6 Å². The molecular formula is C15H22N6O. The van der Waals surface area contributed by atoms with Gasteiger partial charge in [0.05, 0.1) is 6.20 Å². The molecule has 2 aromatic heterocycles. The molecule has 22 heavy (non-hydrogen) atoms. The van der Waals surface area contributed by atoms with Crippen LogP contribution in [0.5, 0.6) is 0 Å². The van der Waals surface area contributed by atoms with Crippen LogP contribution in [0.4, 0.5) is 5.82 Å².